The van der Waals surface area contributed by atoms with Crippen LogP contribution in [-0.2, 0) is 49.6 Å². The zero-order chi connectivity index (χ0) is 20.3. The summed E-state index contributed by atoms with van der Waals surface area (Å²) in [4.78, 5) is 36.2. The van der Waals surface area contributed by atoms with Gasteiger partial charge in [0.05, 0.1) is 90.2 Å². The number of hydrogen-bond donors (Lipinski definition) is 0. The Hall–Kier alpha value is -1.81. The molecule has 8 aliphatic rings. The van der Waals surface area contributed by atoms with E-state index in [-0.39, 0.29) is 71.5 Å². The Balaban J connectivity index is -0.0000000428. The third-order valence-electron chi connectivity index (χ3n) is 4.80. The van der Waals surface area contributed by atoms with Gasteiger partial charge in [0.2, 0.25) is 0 Å². The summed E-state index contributed by atoms with van der Waals surface area (Å²) in [5.74, 6) is 0. The molecule has 0 unspecified atom stereocenters. The summed E-state index contributed by atoms with van der Waals surface area (Å²) in [6.07, 6.45) is 0. The molecular formula is C12H50CoN10O16+6. The van der Waals surface area contributed by atoms with Crippen LogP contribution in [0.25, 0.3) is 0 Å². The van der Waals surface area contributed by atoms with Crippen molar-refractivity contribution in [2.45, 2.75) is 0 Å². The molecule has 8 rings (SSSR count). The summed E-state index contributed by atoms with van der Waals surface area (Å²) >= 11 is 0. The van der Waals surface area contributed by atoms with Crippen LogP contribution in [-0.4, -0.2) is 151 Å². The van der Waals surface area contributed by atoms with E-state index in [9.17, 15) is 0 Å². The Morgan fingerprint density at radius 1 is 0.333 bits per heavy atom. The second-order valence-electron chi connectivity index (χ2n) is 7.51. The first-order chi connectivity index (χ1) is 13.3. The quantitative estimate of drug-likeness (QED) is 0.134. The van der Waals surface area contributed by atoms with Gasteiger partial charge >= 0.3 is 16.8 Å². The number of rotatable bonds is 0. The van der Waals surface area contributed by atoms with Gasteiger partial charge in [0.25, 0.3) is 0 Å². The van der Waals surface area contributed by atoms with Crippen LogP contribution in [0.5, 0.6) is 0 Å². The molecule has 0 spiro atoms. The first-order valence-electron chi connectivity index (χ1n) is 8.68. The van der Waals surface area contributed by atoms with Crippen LogP contribution in [0.15, 0.2) is 0 Å². The van der Waals surface area contributed by atoms with E-state index in [1.165, 1.54) is 80.0 Å². The summed E-state index contributed by atoms with van der Waals surface area (Å²) < 4.78 is 0. The van der Waals surface area contributed by atoms with Gasteiger partial charge in [-0.2, -0.15) is 0 Å². The Morgan fingerprint density at radius 3 is 0.436 bits per heavy atom. The smallest absolute Gasteiger partial charge is 0.457 e. The van der Waals surface area contributed by atoms with E-state index in [2.05, 4.69) is 39.2 Å². The van der Waals surface area contributed by atoms with Gasteiger partial charge in [-0.1, -0.05) is 0 Å². The minimum absolute atomic E-state index is 0. The Labute approximate surface area is 232 Å². The van der Waals surface area contributed by atoms with Crippen LogP contribution >= 0.6 is 0 Å². The fourth-order valence-corrected chi connectivity index (χ4v) is 4.47. The van der Waals surface area contributed by atoms with Crippen LogP contribution in [0.2, 0.25) is 0 Å². The Bertz CT molecular complexity index is 421. The van der Waals surface area contributed by atoms with Crippen molar-refractivity contribution in [3.63, 3.8) is 0 Å². The summed E-state index contributed by atoms with van der Waals surface area (Å²) in [7, 11) is 0. The average molecular weight is 650 g/mol. The van der Waals surface area contributed by atoms with Crippen LogP contribution < -0.4 is 0 Å². The van der Waals surface area contributed by atoms with E-state index in [0.29, 0.717) is 0 Å². The third kappa shape index (κ3) is 19.8. The molecule has 8 saturated heterocycles. The van der Waals surface area contributed by atoms with Crippen molar-refractivity contribution >= 4 is 0 Å². The van der Waals surface area contributed by atoms with E-state index in [1.54, 1.807) is 0 Å². The molecule has 0 aromatic carbocycles. The second kappa shape index (κ2) is 27.7. The van der Waals surface area contributed by atoms with Crippen molar-refractivity contribution in [1.82, 2.24) is 39.2 Å². The van der Waals surface area contributed by atoms with Crippen molar-refractivity contribution < 1.29 is 81.7 Å². The molecule has 26 nitrogen and oxygen atoms in total. The first-order valence-corrected chi connectivity index (χ1v) is 8.68. The fourth-order valence-electron chi connectivity index (χ4n) is 4.47. The Morgan fingerprint density at radius 2 is 0.385 bits per heavy atom. The van der Waals surface area contributed by atoms with Crippen molar-refractivity contribution in [2.75, 3.05) is 80.0 Å². The topological polar surface area (TPSA) is 482 Å². The van der Waals surface area contributed by atoms with Gasteiger partial charge in [-0.3, -0.25) is 39.2 Å². The number of hydrogen-bond acceptors (Lipinski definition) is 14. The largest absolute Gasteiger partial charge is 2.00 e. The van der Waals surface area contributed by atoms with E-state index in [4.69, 9.17) is 30.6 Å². The molecule has 0 saturated carbocycles. The van der Waals surface area contributed by atoms with Gasteiger partial charge in [0.1, 0.15) is 0 Å². The third-order valence-corrected chi connectivity index (χ3v) is 4.80. The van der Waals surface area contributed by atoms with Crippen molar-refractivity contribution in [1.29, 1.82) is 0 Å². The normalized spacial score (nSPS) is 30.8. The van der Waals surface area contributed by atoms with E-state index < -0.39 is 10.2 Å². The summed E-state index contributed by atoms with van der Waals surface area (Å²) in [6, 6.07) is 0. The fraction of sp³-hybridized carbons (Fsp3) is 1.00. The molecule has 8 aliphatic heterocycles. The zero-order valence-electron chi connectivity index (χ0n) is 21.2. The monoisotopic (exact) mass is 649 g/mol. The standard InChI is InChI=1S/2C6H12N4.Co.2NO3.10H2O/c2*1-7-2-9-4-8(1)5-10(3-7)6-9;;2*2-1(3)4;;;;;;;;;;/h2*1-6H2;;;;10*1H2/q;;+2;2*-1;;;;;;;;;;/p+6. The van der Waals surface area contributed by atoms with Gasteiger partial charge in [-0.05, 0) is 0 Å². The molecule has 0 aromatic rings. The maximum atomic E-state index is 8.25. The minimum Gasteiger partial charge on any atom is -0.457 e. The van der Waals surface area contributed by atoms with Gasteiger partial charge in [-0.15, -0.1) is 0 Å². The van der Waals surface area contributed by atoms with Crippen molar-refractivity contribution in [2.24, 2.45) is 0 Å². The minimum atomic E-state index is -1.75. The molecule has 8 heterocycles. The molecule has 8 bridgehead atoms. The molecule has 39 heavy (non-hydrogen) atoms. The molecule has 8 fully saturated rings. The van der Waals surface area contributed by atoms with E-state index >= 15 is 0 Å². The molecule has 26 N–H and O–H groups in total. The zero-order valence-corrected chi connectivity index (χ0v) is 22.2. The predicted octanol–water partition coefficient (Wildman–Crippen LogP) is -11.4. The van der Waals surface area contributed by atoms with Crippen LogP contribution in [0.3, 0.4) is 0 Å². The maximum absolute atomic E-state index is 8.25. The van der Waals surface area contributed by atoms with E-state index in [1.807, 2.05) is 0 Å². The Kier molecular flexibility index (Phi) is 43.6. The maximum Gasteiger partial charge on any atom is 2.00 e. The molecule has 1 radical (unpaired) electrons. The van der Waals surface area contributed by atoms with E-state index in [0.717, 1.165) is 0 Å². The second-order valence-corrected chi connectivity index (χ2v) is 7.51. The van der Waals surface area contributed by atoms with Crippen molar-refractivity contribution in [3.05, 3.63) is 30.6 Å². The summed E-state index contributed by atoms with van der Waals surface area (Å²) in [5, 5.41) is 29.5. The first kappa shape index (κ1) is 61.3. The van der Waals surface area contributed by atoms with Crippen LogP contribution in [0.4, 0.5) is 0 Å². The summed E-state index contributed by atoms with van der Waals surface area (Å²) in [5.41, 5.74) is 0. The van der Waals surface area contributed by atoms with Crippen molar-refractivity contribution in [3.8, 4) is 0 Å². The molecule has 27 heteroatoms. The summed E-state index contributed by atoms with van der Waals surface area (Å²) in [6.45, 7) is 14.2. The molecule has 247 valence electrons. The molecule has 0 atom stereocenters. The molecule has 0 aliphatic carbocycles. The molecule has 0 amide bonds. The van der Waals surface area contributed by atoms with Gasteiger partial charge in [0.15, 0.2) is 0 Å². The van der Waals surface area contributed by atoms with Gasteiger partial charge in [-0.25, -0.2) is 0 Å². The van der Waals surface area contributed by atoms with Gasteiger partial charge in [0, 0.05) is 0 Å². The average Bonchev–Trinajstić information content (AvgIpc) is 2.51. The molecular weight excluding hydrogens is 599 g/mol. The molecule has 0 aromatic heterocycles. The van der Waals surface area contributed by atoms with Gasteiger partial charge < -0.3 is 85.4 Å². The predicted molar refractivity (Wildman–Crippen MR) is 138 cm³/mol. The van der Waals surface area contributed by atoms with Crippen LogP contribution in [0, 0.1) is 30.6 Å². The SMILES string of the molecule is C1N2CN3CN1CN(C2)C3.C1N2CN3CN1CN(C2)C3.O.O.O.O.O=[N+]([O-])[O-].O=[N+]([O-])[O-].[Co+2].[OH3+].[OH3+].[OH3+].[OH3+].[OH3+].[OH3+]. The van der Waals surface area contributed by atoms with Crippen LogP contribution in [0.1, 0.15) is 0 Å². The number of nitrogens with zero attached hydrogens (tertiary/aromatic N) is 10.